The van der Waals surface area contributed by atoms with E-state index in [-0.39, 0.29) is 5.91 Å². The molecule has 0 unspecified atom stereocenters. The average molecular weight is 235 g/mol. The first kappa shape index (κ1) is 13.7. The lowest BCUT2D eigenvalue weighted by Gasteiger charge is -2.05. The Bertz CT molecular complexity index is 311. The van der Waals surface area contributed by atoms with Crippen LogP contribution in [0, 0.1) is 0 Å². The lowest BCUT2D eigenvalue weighted by molar-refractivity contribution is -0.121. The Morgan fingerprint density at radius 2 is 2.00 bits per heavy atom. The molecule has 0 saturated heterocycles. The van der Waals surface area contributed by atoms with Crippen molar-refractivity contribution in [1.82, 2.24) is 5.32 Å². The Morgan fingerprint density at radius 1 is 1.24 bits per heavy atom. The smallest absolute Gasteiger partial charge is 0.220 e. The molecule has 3 heteroatoms. The summed E-state index contributed by atoms with van der Waals surface area (Å²) in [5.74, 6) is 0.131. The van der Waals surface area contributed by atoms with Crippen LogP contribution < -0.4 is 5.32 Å². The van der Waals surface area contributed by atoms with Crippen LogP contribution in [0.4, 0.5) is 0 Å². The van der Waals surface area contributed by atoms with Gasteiger partial charge in [-0.05, 0) is 24.8 Å². The normalized spacial score (nSPS) is 10.2. The summed E-state index contributed by atoms with van der Waals surface area (Å²) >= 11 is 0. The van der Waals surface area contributed by atoms with Crippen molar-refractivity contribution in [2.75, 3.05) is 20.3 Å². The number of amides is 1. The van der Waals surface area contributed by atoms with Crippen LogP contribution in [-0.4, -0.2) is 26.2 Å². The van der Waals surface area contributed by atoms with E-state index in [4.69, 9.17) is 4.74 Å². The maximum Gasteiger partial charge on any atom is 0.220 e. The van der Waals surface area contributed by atoms with Crippen LogP contribution in [-0.2, 0) is 16.0 Å². The third kappa shape index (κ3) is 6.74. The first-order valence-electron chi connectivity index (χ1n) is 6.12. The molecule has 0 aromatic heterocycles. The zero-order valence-electron chi connectivity index (χ0n) is 10.4. The van der Waals surface area contributed by atoms with Crippen LogP contribution in [0.5, 0.6) is 0 Å². The van der Waals surface area contributed by atoms with Crippen LogP contribution in [0.2, 0.25) is 0 Å². The quantitative estimate of drug-likeness (QED) is 0.701. The van der Waals surface area contributed by atoms with Crippen molar-refractivity contribution < 1.29 is 9.53 Å². The summed E-state index contributed by atoms with van der Waals surface area (Å²) in [6.07, 6.45) is 3.35. The first-order valence-corrected chi connectivity index (χ1v) is 6.12. The zero-order valence-corrected chi connectivity index (χ0v) is 10.4. The topological polar surface area (TPSA) is 38.3 Å². The van der Waals surface area contributed by atoms with Crippen LogP contribution in [0.25, 0.3) is 0 Å². The van der Waals surface area contributed by atoms with Crippen molar-refractivity contribution in [3.8, 4) is 0 Å². The lowest BCUT2D eigenvalue weighted by Crippen LogP contribution is -2.24. The fourth-order valence-electron chi connectivity index (χ4n) is 1.59. The Hall–Kier alpha value is -1.35. The molecule has 0 bridgehead atoms. The average Bonchev–Trinajstić information content (AvgIpc) is 2.37. The number of benzene rings is 1. The largest absolute Gasteiger partial charge is 0.385 e. The van der Waals surface area contributed by atoms with Crippen molar-refractivity contribution >= 4 is 5.91 Å². The van der Waals surface area contributed by atoms with Crippen molar-refractivity contribution in [3.63, 3.8) is 0 Å². The summed E-state index contributed by atoms with van der Waals surface area (Å²) < 4.78 is 4.94. The predicted molar refractivity (Wildman–Crippen MR) is 68.9 cm³/mol. The molecule has 0 saturated carbocycles. The molecule has 0 fully saturated rings. The van der Waals surface area contributed by atoms with E-state index in [1.807, 2.05) is 30.3 Å². The van der Waals surface area contributed by atoms with Gasteiger partial charge in [0.2, 0.25) is 5.91 Å². The van der Waals surface area contributed by atoms with E-state index in [1.54, 1.807) is 7.11 Å². The molecular formula is C14H21NO2. The van der Waals surface area contributed by atoms with Gasteiger partial charge in [0.05, 0.1) is 0 Å². The standard InChI is InChI=1S/C14H21NO2/c1-17-12-6-5-11-15-14(16)10-9-13-7-3-2-4-8-13/h2-4,7-8H,5-6,9-12H2,1H3,(H,15,16). The third-order valence-corrected chi connectivity index (χ3v) is 2.58. The Labute approximate surface area is 103 Å². The van der Waals surface area contributed by atoms with Gasteiger partial charge in [0.1, 0.15) is 0 Å². The van der Waals surface area contributed by atoms with Gasteiger partial charge in [0.25, 0.3) is 0 Å². The summed E-state index contributed by atoms with van der Waals surface area (Å²) in [7, 11) is 1.69. The molecule has 0 spiro atoms. The van der Waals surface area contributed by atoms with Crippen LogP contribution in [0.3, 0.4) is 0 Å². The number of rotatable bonds is 8. The monoisotopic (exact) mass is 235 g/mol. The highest BCUT2D eigenvalue weighted by Crippen LogP contribution is 2.02. The molecule has 0 radical (unpaired) electrons. The summed E-state index contributed by atoms with van der Waals surface area (Å²) in [5.41, 5.74) is 1.21. The molecular weight excluding hydrogens is 214 g/mol. The summed E-state index contributed by atoms with van der Waals surface area (Å²) in [6, 6.07) is 10.1. The van der Waals surface area contributed by atoms with Gasteiger partial charge in [0.15, 0.2) is 0 Å². The van der Waals surface area contributed by atoms with Gasteiger partial charge in [-0.15, -0.1) is 0 Å². The van der Waals surface area contributed by atoms with E-state index in [1.165, 1.54) is 5.56 Å². The molecule has 3 nitrogen and oxygen atoms in total. The van der Waals surface area contributed by atoms with Crippen molar-refractivity contribution in [1.29, 1.82) is 0 Å². The number of unbranched alkanes of at least 4 members (excludes halogenated alkanes) is 1. The highest BCUT2D eigenvalue weighted by Gasteiger charge is 2.00. The Balaban J connectivity index is 2.05. The second kappa shape index (κ2) is 8.76. The number of aryl methyl sites for hydroxylation is 1. The van der Waals surface area contributed by atoms with Crippen LogP contribution >= 0.6 is 0 Å². The fourth-order valence-corrected chi connectivity index (χ4v) is 1.59. The van der Waals surface area contributed by atoms with Crippen molar-refractivity contribution in [3.05, 3.63) is 35.9 Å². The molecule has 0 aliphatic rings. The lowest BCUT2D eigenvalue weighted by atomic mass is 10.1. The summed E-state index contributed by atoms with van der Waals surface area (Å²) in [6.45, 7) is 1.51. The number of hydrogen-bond donors (Lipinski definition) is 1. The van der Waals surface area contributed by atoms with Gasteiger partial charge in [0, 0.05) is 26.7 Å². The number of nitrogens with one attached hydrogen (secondary N) is 1. The SMILES string of the molecule is COCCCCNC(=O)CCc1ccccc1. The highest BCUT2D eigenvalue weighted by molar-refractivity contribution is 5.76. The number of hydrogen-bond acceptors (Lipinski definition) is 2. The minimum absolute atomic E-state index is 0.131. The van der Waals surface area contributed by atoms with Crippen LogP contribution in [0.15, 0.2) is 30.3 Å². The van der Waals surface area contributed by atoms with E-state index < -0.39 is 0 Å². The van der Waals surface area contributed by atoms with E-state index in [0.29, 0.717) is 6.42 Å². The second-order valence-corrected chi connectivity index (χ2v) is 4.04. The summed E-state index contributed by atoms with van der Waals surface area (Å²) in [5, 5.41) is 2.92. The van der Waals surface area contributed by atoms with E-state index in [2.05, 4.69) is 5.32 Å². The molecule has 0 atom stereocenters. The zero-order chi connectivity index (χ0) is 12.3. The van der Waals surface area contributed by atoms with Crippen LogP contribution in [0.1, 0.15) is 24.8 Å². The number of methoxy groups -OCH3 is 1. The molecule has 0 aliphatic carbocycles. The molecule has 1 N–H and O–H groups in total. The molecule has 1 aromatic carbocycles. The van der Waals surface area contributed by atoms with Gasteiger partial charge < -0.3 is 10.1 Å². The van der Waals surface area contributed by atoms with Gasteiger partial charge in [-0.3, -0.25) is 4.79 Å². The molecule has 0 aliphatic heterocycles. The minimum Gasteiger partial charge on any atom is -0.385 e. The molecule has 1 aromatic rings. The molecule has 1 rings (SSSR count). The van der Waals surface area contributed by atoms with Gasteiger partial charge in [-0.2, -0.15) is 0 Å². The minimum atomic E-state index is 0.131. The molecule has 0 heterocycles. The van der Waals surface area contributed by atoms with E-state index in [0.717, 1.165) is 32.4 Å². The third-order valence-electron chi connectivity index (χ3n) is 2.58. The highest BCUT2D eigenvalue weighted by atomic mass is 16.5. The van der Waals surface area contributed by atoms with E-state index >= 15 is 0 Å². The number of carbonyl (C=O) groups excluding carboxylic acids is 1. The number of ether oxygens (including phenoxy) is 1. The van der Waals surface area contributed by atoms with Crippen molar-refractivity contribution in [2.45, 2.75) is 25.7 Å². The van der Waals surface area contributed by atoms with Gasteiger partial charge in [-0.25, -0.2) is 0 Å². The maximum atomic E-state index is 11.5. The summed E-state index contributed by atoms with van der Waals surface area (Å²) in [4.78, 5) is 11.5. The van der Waals surface area contributed by atoms with Crippen molar-refractivity contribution in [2.24, 2.45) is 0 Å². The number of carbonyl (C=O) groups is 1. The Kier molecular flexibility index (Phi) is 7.07. The first-order chi connectivity index (χ1) is 8.33. The molecule has 1 amide bonds. The second-order valence-electron chi connectivity index (χ2n) is 4.04. The predicted octanol–water partition coefficient (Wildman–Crippen LogP) is 2.16. The maximum absolute atomic E-state index is 11.5. The van der Waals surface area contributed by atoms with Gasteiger partial charge >= 0.3 is 0 Å². The van der Waals surface area contributed by atoms with Gasteiger partial charge in [-0.1, -0.05) is 30.3 Å². The molecule has 17 heavy (non-hydrogen) atoms. The fraction of sp³-hybridized carbons (Fsp3) is 0.500. The molecule has 94 valence electrons. The Morgan fingerprint density at radius 3 is 2.71 bits per heavy atom. The van der Waals surface area contributed by atoms with E-state index in [9.17, 15) is 4.79 Å².